The molecular formula is C42H74O35. The molecule has 0 saturated carbocycles. The van der Waals surface area contributed by atoms with Gasteiger partial charge in [-0.3, -0.25) is 0 Å². The maximum absolute atomic E-state index is 11.0. The summed E-state index contributed by atoms with van der Waals surface area (Å²) in [6, 6.07) is 0. The molecule has 452 valence electrons. The van der Waals surface area contributed by atoms with Crippen molar-refractivity contribution in [3.8, 4) is 0 Å². The van der Waals surface area contributed by atoms with Crippen LogP contribution in [-0.4, -0.2) is 314 Å². The number of aliphatic hydroxyl groups is 27. The summed E-state index contributed by atoms with van der Waals surface area (Å²) in [6.45, 7) is -6.91. The summed E-state index contributed by atoms with van der Waals surface area (Å²) >= 11 is 0. The Labute approximate surface area is 435 Å². The monoisotopic (exact) mass is 1140 g/mol. The smallest absolute Gasteiger partial charge is 0.218 e. The normalized spacial score (nSPS) is 42.4. The third-order valence-electron chi connectivity index (χ3n) is 11.6. The summed E-state index contributed by atoms with van der Waals surface area (Å²) in [5, 5.41) is 284. The number of aliphatic hydroxyl groups excluding tert-OH is 27. The standard InChI is InChI=1S/C42H74O35/c43-7-1-14-21(50)29(58)37(65)72-16(3-9-45)23(52)31(60)39(67)74-18(5-11-47)25(54)33(62)41(69)77-35-20(13-49)76-42(34(63)27(35)56)75-19(6-12-48)26(55)32(61)40(68)73-17(4-10-46)24(53)30(59)38(66)71-15(2-8-44)22(51)28(57)36(64)70-14/h14-21,23,27,29,31,34-69H,1-13H2/b28-22+,30-24+,32-26-,33-25+. The minimum absolute atomic E-state index is 0.757. The molecule has 1 saturated heterocycles. The quantitative estimate of drug-likeness (QED) is 0.0814. The topological polar surface area (TPSA) is 620 Å². The predicted octanol–water partition coefficient (Wildman–Crippen LogP) is -8.91. The van der Waals surface area contributed by atoms with Gasteiger partial charge in [0.05, 0.1) is 18.8 Å². The maximum atomic E-state index is 11.0. The summed E-state index contributed by atoms with van der Waals surface area (Å²) in [5.74, 6) is -12.5. The summed E-state index contributed by atoms with van der Waals surface area (Å²) in [5.41, 5.74) is 0. The highest BCUT2D eigenvalue weighted by atomic mass is 16.7. The molecule has 3 rings (SSSR count). The fourth-order valence-electron chi connectivity index (χ4n) is 7.27. The second-order valence-electron chi connectivity index (χ2n) is 17.0. The van der Waals surface area contributed by atoms with Gasteiger partial charge in [0.2, 0.25) is 25.2 Å². The van der Waals surface area contributed by atoms with E-state index in [1.54, 1.807) is 0 Å². The maximum Gasteiger partial charge on any atom is 0.218 e. The van der Waals surface area contributed by atoms with Crippen LogP contribution in [0.1, 0.15) is 38.5 Å². The van der Waals surface area contributed by atoms with Gasteiger partial charge >= 0.3 is 0 Å². The lowest BCUT2D eigenvalue weighted by molar-refractivity contribution is -0.329. The van der Waals surface area contributed by atoms with E-state index >= 15 is 0 Å². The predicted molar refractivity (Wildman–Crippen MR) is 241 cm³/mol. The molecule has 3 heterocycles. The van der Waals surface area contributed by atoms with E-state index in [1.165, 1.54) is 0 Å². The average Bonchev–Trinajstić information content (AvgIpc) is 3.40. The second kappa shape index (κ2) is 33.8. The van der Waals surface area contributed by atoms with Crippen molar-refractivity contribution in [1.29, 1.82) is 0 Å². The van der Waals surface area contributed by atoms with Crippen molar-refractivity contribution in [2.75, 3.05) is 46.2 Å². The molecule has 0 aliphatic carbocycles. The highest BCUT2D eigenvalue weighted by Gasteiger charge is 2.49. The van der Waals surface area contributed by atoms with Crippen molar-refractivity contribution in [2.45, 2.75) is 168 Å². The summed E-state index contributed by atoms with van der Waals surface area (Å²) in [4.78, 5) is 0. The Morgan fingerprint density at radius 1 is 0.260 bits per heavy atom. The van der Waals surface area contributed by atoms with Crippen LogP contribution < -0.4 is 0 Å². The minimum atomic E-state index is -2.84. The van der Waals surface area contributed by atoms with E-state index in [9.17, 15) is 138 Å². The van der Waals surface area contributed by atoms with Gasteiger partial charge in [-0.25, -0.2) is 0 Å². The van der Waals surface area contributed by atoms with Crippen molar-refractivity contribution >= 4 is 0 Å². The Morgan fingerprint density at radius 3 is 0.935 bits per heavy atom. The van der Waals surface area contributed by atoms with Gasteiger partial charge in [0.15, 0.2) is 64.9 Å². The lowest BCUT2D eigenvalue weighted by Crippen LogP contribution is -2.61. The zero-order chi connectivity index (χ0) is 58.6. The Morgan fingerprint density at radius 2 is 0.571 bits per heavy atom. The van der Waals surface area contributed by atoms with E-state index < -0.39 is 260 Å². The van der Waals surface area contributed by atoms with Crippen LogP contribution >= 0.6 is 0 Å². The minimum Gasteiger partial charge on any atom is -0.506 e. The zero-order valence-electron chi connectivity index (χ0n) is 40.7. The third-order valence-corrected chi connectivity index (χ3v) is 11.6. The van der Waals surface area contributed by atoms with E-state index in [2.05, 4.69) is 0 Å². The van der Waals surface area contributed by atoms with E-state index in [4.69, 9.17) is 37.9 Å². The van der Waals surface area contributed by atoms with Crippen LogP contribution in [0.5, 0.6) is 0 Å². The molecule has 77 heavy (non-hydrogen) atoms. The van der Waals surface area contributed by atoms with Gasteiger partial charge < -0.3 is 176 Å². The van der Waals surface area contributed by atoms with Crippen molar-refractivity contribution in [2.24, 2.45) is 0 Å². The molecular weight excluding hydrogens is 1060 g/mol. The number of fused-ring (bicyclic) bond motifs is 28. The molecule has 3 aliphatic heterocycles. The van der Waals surface area contributed by atoms with Crippen LogP contribution in [0.15, 0.2) is 46.1 Å². The highest BCUT2D eigenvalue weighted by molar-refractivity contribution is 5.13. The van der Waals surface area contributed by atoms with Gasteiger partial charge in [-0.1, -0.05) is 0 Å². The van der Waals surface area contributed by atoms with Crippen molar-refractivity contribution in [3.63, 3.8) is 0 Å². The fourth-order valence-corrected chi connectivity index (χ4v) is 7.27. The van der Waals surface area contributed by atoms with Gasteiger partial charge in [-0.05, 0) is 12.8 Å². The molecule has 35 nitrogen and oxygen atoms in total. The fraction of sp³-hybridized carbons (Fsp3) is 0.810. The molecule has 1 fully saturated rings. The molecule has 0 radical (unpaired) electrons. The lowest BCUT2D eigenvalue weighted by atomic mass is 9.98. The van der Waals surface area contributed by atoms with Gasteiger partial charge in [-0.2, -0.15) is 0 Å². The van der Waals surface area contributed by atoms with Crippen LogP contribution in [-0.2, 0) is 37.9 Å². The van der Waals surface area contributed by atoms with Crippen LogP contribution in [0.3, 0.4) is 0 Å². The molecule has 35 heteroatoms. The second-order valence-corrected chi connectivity index (χ2v) is 17.0. The molecule has 0 aromatic heterocycles. The first-order chi connectivity index (χ1) is 36.2. The van der Waals surface area contributed by atoms with Crippen LogP contribution in [0.4, 0.5) is 0 Å². The summed E-state index contributed by atoms with van der Waals surface area (Å²) < 4.78 is 41.4. The largest absolute Gasteiger partial charge is 0.506 e. The van der Waals surface area contributed by atoms with E-state index in [1.807, 2.05) is 0 Å². The van der Waals surface area contributed by atoms with Crippen LogP contribution in [0, 0.1) is 0 Å². The van der Waals surface area contributed by atoms with E-state index in [0.717, 1.165) is 0 Å². The molecule has 0 amide bonds. The molecule has 21 unspecified atom stereocenters. The summed E-state index contributed by atoms with van der Waals surface area (Å²) in [6.07, 6.45) is -55.5. The Kier molecular flexibility index (Phi) is 30.4. The van der Waals surface area contributed by atoms with Crippen molar-refractivity contribution in [3.05, 3.63) is 46.1 Å². The third kappa shape index (κ3) is 19.2. The average molecular weight is 1140 g/mol. The van der Waals surface area contributed by atoms with Gasteiger partial charge in [-0.15, -0.1) is 0 Å². The highest BCUT2D eigenvalue weighted by Crippen LogP contribution is 2.31. The molecule has 0 aromatic carbocycles. The Bertz CT molecular complexity index is 1830. The van der Waals surface area contributed by atoms with E-state index in [-0.39, 0.29) is 0 Å². The zero-order valence-corrected chi connectivity index (χ0v) is 40.7. The number of ether oxygens (including phenoxy) is 8. The first-order valence-corrected chi connectivity index (χ1v) is 23.4. The molecule has 21 atom stereocenters. The van der Waals surface area contributed by atoms with Crippen LogP contribution in [0.2, 0.25) is 0 Å². The summed E-state index contributed by atoms with van der Waals surface area (Å²) in [7, 11) is 0. The Hall–Kier alpha value is -3.72. The first kappa shape index (κ1) is 69.4. The molecule has 2 bridgehead atoms. The Balaban J connectivity index is 2.79. The van der Waals surface area contributed by atoms with Crippen molar-refractivity contribution in [1.82, 2.24) is 0 Å². The number of rotatable bonds is 13. The van der Waals surface area contributed by atoms with Gasteiger partial charge in [0.25, 0.3) is 0 Å². The number of hydrogen-bond acceptors (Lipinski definition) is 35. The van der Waals surface area contributed by atoms with Crippen LogP contribution in [0.25, 0.3) is 0 Å². The molecule has 3 aliphatic rings. The molecule has 27 N–H and O–H groups in total. The first-order valence-electron chi connectivity index (χ1n) is 23.4. The molecule has 0 spiro atoms. The number of hydrogen-bond donors (Lipinski definition) is 27. The SMILES string of the molecule is OCCC1OC2OC(CO)C(OC(O)/C(O)=C(\O)C(CCO)OC(O)C(O)C(O)C(CCO)OC(O)C(O)C(O)C(CCO)OC(O)/C(O)=C(\O)C(CCO)OC(O)/C(O)=C(\O)C(CCO)OC(O)/C(O)=C\1O)C(O)C2O. The molecule has 0 aromatic rings. The van der Waals surface area contributed by atoms with E-state index in [0.29, 0.717) is 0 Å². The van der Waals surface area contributed by atoms with Gasteiger partial charge in [0.1, 0.15) is 73.2 Å². The van der Waals surface area contributed by atoms with Gasteiger partial charge in [0, 0.05) is 65.3 Å². The lowest BCUT2D eigenvalue weighted by Gasteiger charge is -2.43. The van der Waals surface area contributed by atoms with Crippen molar-refractivity contribution < 1.29 is 176 Å².